The fraction of sp³-hybridized carbons (Fsp3) is 0.312. The van der Waals surface area contributed by atoms with Crippen LogP contribution in [0.15, 0.2) is 38.8 Å². The highest BCUT2D eigenvalue weighted by molar-refractivity contribution is 8.17. The van der Waals surface area contributed by atoms with Crippen molar-refractivity contribution in [3.05, 3.63) is 40.5 Å². The maximum Gasteiger partial charge on any atom is 0.168 e. The number of amidine groups is 1. The summed E-state index contributed by atoms with van der Waals surface area (Å²) in [7, 11) is 0. The van der Waals surface area contributed by atoms with Gasteiger partial charge in [-0.1, -0.05) is 18.7 Å². The van der Waals surface area contributed by atoms with E-state index in [1.807, 2.05) is 11.8 Å². The highest BCUT2D eigenvalue weighted by Crippen LogP contribution is 2.45. The molecule has 4 rings (SSSR count). The second-order valence-corrected chi connectivity index (χ2v) is 6.25. The van der Waals surface area contributed by atoms with Gasteiger partial charge in [-0.2, -0.15) is 0 Å². The predicted octanol–water partition coefficient (Wildman–Crippen LogP) is 4.24. The number of thioether (sulfide) groups is 1. The Bertz CT molecular complexity index is 757. The number of allylic oxidation sites excluding steroid dienone is 1. The zero-order valence-corrected chi connectivity index (χ0v) is 12.5. The van der Waals surface area contributed by atoms with Crippen LogP contribution < -0.4 is 0 Å². The Kier molecular flexibility index (Phi) is 2.67. The second kappa shape index (κ2) is 4.42. The van der Waals surface area contributed by atoms with Crippen molar-refractivity contribution in [1.82, 2.24) is 4.90 Å². The summed E-state index contributed by atoms with van der Waals surface area (Å²) in [6.07, 6.45) is 2.82. The summed E-state index contributed by atoms with van der Waals surface area (Å²) in [5, 5.41) is 2.36. The number of fused-ring (bicyclic) bond motifs is 2. The van der Waals surface area contributed by atoms with E-state index in [0.717, 1.165) is 30.3 Å². The molecule has 102 valence electrons. The van der Waals surface area contributed by atoms with Crippen LogP contribution in [0.2, 0.25) is 0 Å². The molecule has 0 radical (unpaired) electrons. The number of hydrogen-bond donors (Lipinski definition) is 0. The van der Waals surface area contributed by atoms with Crippen LogP contribution in [0.25, 0.3) is 16.7 Å². The maximum atomic E-state index is 5.60. The highest BCUT2D eigenvalue weighted by atomic mass is 32.2. The molecule has 2 aromatic rings. The van der Waals surface area contributed by atoms with Crippen molar-refractivity contribution in [3.8, 4) is 0 Å². The molecule has 0 saturated carbocycles. The first-order valence-electron chi connectivity index (χ1n) is 6.99. The van der Waals surface area contributed by atoms with Gasteiger partial charge in [0.1, 0.15) is 5.58 Å². The van der Waals surface area contributed by atoms with Gasteiger partial charge in [-0.3, -0.25) is 4.99 Å². The van der Waals surface area contributed by atoms with Gasteiger partial charge in [0.2, 0.25) is 0 Å². The third kappa shape index (κ3) is 1.64. The van der Waals surface area contributed by atoms with Gasteiger partial charge in [-0.15, -0.1) is 0 Å². The summed E-state index contributed by atoms with van der Waals surface area (Å²) in [4.78, 5) is 8.38. The van der Waals surface area contributed by atoms with Crippen LogP contribution in [0.1, 0.15) is 24.5 Å². The van der Waals surface area contributed by atoms with E-state index in [2.05, 4.69) is 41.9 Å². The fourth-order valence-corrected chi connectivity index (χ4v) is 4.10. The van der Waals surface area contributed by atoms with E-state index in [-0.39, 0.29) is 0 Å². The van der Waals surface area contributed by atoms with Crippen LogP contribution in [0.5, 0.6) is 0 Å². The number of furan rings is 1. The van der Waals surface area contributed by atoms with Gasteiger partial charge in [-0.05, 0) is 37.1 Å². The Hall–Kier alpha value is -1.68. The molecule has 2 aliphatic heterocycles. The minimum atomic E-state index is 0.906. The van der Waals surface area contributed by atoms with Gasteiger partial charge in [0.05, 0.1) is 18.5 Å². The van der Waals surface area contributed by atoms with Gasteiger partial charge in [0.15, 0.2) is 5.17 Å². The molecule has 3 nitrogen and oxygen atoms in total. The van der Waals surface area contributed by atoms with Crippen LogP contribution in [0.4, 0.5) is 0 Å². The van der Waals surface area contributed by atoms with E-state index in [1.54, 1.807) is 6.26 Å². The van der Waals surface area contributed by atoms with Crippen LogP contribution in [0.3, 0.4) is 0 Å². The molecule has 0 bridgehead atoms. The molecule has 20 heavy (non-hydrogen) atoms. The Morgan fingerprint density at radius 2 is 2.30 bits per heavy atom. The quantitative estimate of drug-likeness (QED) is 0.826. The molecule has 0 N–H and O–H groups in total. The van der Waals surface area contributed by atoms with Crippen LogP contribution in [0, 0.1) is 6.92 Å². The SMILES string of the molecule is CCC1=C(c2cc(C)cc3occc23)N2CCN=C2S1. The molecule has 1 aromatic heterocycles. The van der Waals surface area contributed by atoms with E-state index in [9.17, 15) is 0 Å². The molecule has 1 aromatic carbocycles. The van der Waals surface area contributed by atoms with Gasteiger partial charge in [-0.25, -0.2) is 0 Å². The van der Waals surface area contributed by atoms with E-state index < -0.39 is 0 Å². The maximum absolute atomic E-state index is 5.60. The fourth-order valence-electron chi connectivity index (χ4n) is 2.97. The number of nitrogens with zero attached hydrogens (tertiary/aromatic N) is 2. The van der Waals surface area contributed by atoms with Crippen molar-refractivity contribution < 1.29 is 4.42 Å². The molecular formula is C16H16N2OS. The molecule has 0 spiro atoms. The highest BCUT2D eigenvalue weighted by Gasteiger charge is 2.33. The molecule has 3 heterocycles. The van der Waals surface area contributed by atoms with Gasteiger partial charge in [0.25, 0.3) is 0 Å². The minimum Gasteiger partial charge on any atom is -0.464 e. The normalized spacial score (nSPS) is 18.1. The topological polar surface area (TPSA) is 28.7 Å². The summed E-state index contributed by atoms with van der Waals surface area (Å²) >= 11 is 1.83. The standard InChI is InChI=1S/C16H16N2OS/c1-3-14-15(18-6-5-17-16(18)20-14)12-8-10(2)9-13-11(12)4-7-19-13/h4,7-9H,3,5-6H2,1-2H3. The first kappa shape index (κ1) is 12.1. The van der Waals surface area contributed by atoms with Crippen molar-refractivity contribution in [2.75, 3.05) is 13.1 Å². The van der Waals surface area contributed by atoms with Crippen molar-refractivity contribution in [1.29, 1.82) is 0 Å². The zero-order valence-electron chi connectivity index (χ0n) is 11.6. The smallest absolute Gasteiger partial charge is 0.168 e. The number of rotatable bonds is 2. The number of hydrogen-bond acceptors (Lipinski definition) is 4. The average molecular weight is 284 g/mol. The van der Waals surface area contributed by atoms with Crippen molar-refractivity contribution in [2.24, 2.45) is 4.99 Å². The van der Waals surface area contributed by atoms with E-state index in [4.69, 9.17) is 4.42 Å². The lowest BCUT2D eigenvalue weighted by Crippen LogP contribution is -2.20. The lowest BCUT2D eigenvalue weighted by molar-refractivity contribution is 0.615. The molecule has 4 heteroatoms. The average Bonchev–Trinajstić information content (AvgIpc) is 3.11. The monoisotopic (exact) mass is 284 g/mol. The third-order valence-electron chi connectivity index (χ3n) is 3.84. The molecule has 0 aliphatic carbocycles. The third-order valence-corrected chi connectivity index (χ3v) is 5.10. The van der Waals surface area contributed by atoms with Crippen LogP contribution in [-0.2, 0) is 0 Å². The van der Waals surface area contributed by atoms with Crippen molar-refractivity contribution in [2.45, 2.75) is 20.3 Å². The van der Waals surface area contributed by atoms with Gasteiger partial charge in [0, 0.05) is 22.4 Å². The molecule has 0 saturated heterocycles. The first-order valence-corrected chi connectivity index (χ1v) is 7.81. The number of aryl methyl sites for hydroxylation is 1. The Balaban J connectivity index is 1.97. The van der Waals surface area contributed by atoms with Crippen molar-refractivity contribution in [3.63, 3.8) is 0 Å². The van der Waals surface area contributed by atoms with E-state index in [0.29, 0.717) is 0 Å². The van der Waals surface area contributed by atoms with E-state index in [1.165, 1.54) is 27.1 Å². The number of benzene rings is 1. The second-order valence-electron chi connectivity index (χ2n) is 5.19. The summed E-state index contributed by atoms with van der Waals surface area (Å²) < 4.78 is 5.60. The van der Waals surface area contributed by atoms with E-state index >= 15 is 0 Å². The summed E-state index contributed by atoms with van der Waals surface area (Å²) in [6.45, 7) is 6.24. The summed E-state index contributed by atoms with van der Waals surface area (Å²) in [5.41, 5.74) is 4.83. The van der Waals surface area contributed by atoms with Crippen LogP contribution in [-0.4, -0.2) is 23.2 Å². The molecule has 0 atom stereocenters. The number of aliphatic imine (C=N–C) groups is 1. The molecule has 0 amide bonds. The molecule has 2 aliphatic rings. The molecule has 0 unspecified atom stereocenters. The lowest BCUT2D eigenvalue weighted by Gasteiger charge is -2.18. The van der Waals surface area contributed by atoms with Crippen LogP contribution >= 0.6 is 11.8 Å². The predicted molar refractivity (Wildman–Crippen MR) is 84.8 cm³/mol. The largest absolute Gasteiger partial charge is 0.464 e. The Morgan fingerprint density at radius 3 is 3.15 bits per heavy atom. The molecular weight excluding hydrogens is 268 g/mol. The lowest BCUT2D eigenvalue weighted by atomic mass is 10.0. The Labute approximate surface area is 122 Å². The first-order chi connectivity index (χ1) is 9.78. The minimum absolute atomic E-state index is 0.906. The summed E-state index contributed by atoms with van der Waals surface area (Å²) in [6, 6.07) is 6.44. The Morgan fingerprint density at radius 1 is 1.40 bits per heavy atom. The molecule has 0 fully saturated rings. The van der Waals surface area contributed by atoms with Gasteiger partial charge >= 0.3 is 0 Å². The zero-order chi connectivity index (χ0) is 13.7. The van der Waals surface area contributed by atoms with Crippen molar-refractivity contribution >= 4 is 33.6 Å². The van der Waals surface area contributed by atoms with Gasteiger partial charge < -0.3 is 9.32 Å². The summed E-state index contributed by atoms with van der Waals surface area (Å²) in [5.74, 6) is 0.